The van der Waals surface area contributed by atoms with Gasteiger partial charge in [0.05, 0.1) is 34.2 Å². The summed E-state index contributed by atoms with van der Waals surface area (Å²) in [5.74, 6) is 1.35. The van der Waals surface area contributed by atoms with Crippen molar-refractivity contribution in [3.05, 3.63) is 210 Å². The molecule has 0 amide bonds. The molecule has 5 aliphatic carbocycles. The van der Waals surface area contributed by atoms with Crippen LogP contribution in [0, 0.1) is 11.8 Å². The molecule has 4 nitrogen and oxygen atoms in total. The summed E-state index contributed by atoms with van der Waals surface area (Å²) in [4.78, 5) is 2.72. The van der Waals surface area contributed by atoms with Crippen LogP contribution in [0.1, 0.15) is 59.7 Å². The molecule has 3 aromatic heterocycles. The maximum atomic E-state index is 2.72. The molecule has 0 fully saturated rings. The number of benzene rings is 5. The molecule has 0 spiro atoms. The molecule has 4 heterocycles. The maximum Gasteiger partial charge on any atom is 0.0586 e. The highest BCUT2D eigenvalue weighted by Crippen LogP contribution is 2.48. The van der Waals surface area contributed by atoms with Crippen LogP contribution < -0.4 is 4.90 Å². The minimum absolute atomic E-state index is 0.318. The van der Waals surface area contributed by atoms with E-state index in [-0.39, 0.29) is 0 Å². The molecule has 64 heavy (non-hydrogen) atoms. The summed E-state index contributed by atoms with van der Waals surface area (Å²) in [6, 6.07) is 43.4. The lowest BCUT2D eigenvalue weighted by Gasteiger charge is -2.36. The van der Waals surface area contributed by atoms with E-state index in [1.807, 2.05) is 0 Å². The van der Waals surface area contributed by atoms with E-state index in [4.69, 9.17) is 0 Å². The summed E-state index contributed by atoms with van der Waals surface area (Å²) >= 11 is 0. The van der Waals surface area contributed by atoms with Crippen LogP contribution in [0.5, 0.6) is 0 Å². The van der Waals surface area contributed by atoms with Gasteiger partial charge >= 0.3 is 0 Å². The van der Waals surface area contributed by atoms with E-state index in [1.54, 1.807) is 11.3 Å². The van der Waals surface area contributed by atoms with Gasteiger partial charge in [-0.05, 0) is 116 Å². The second-order valence-corrected chi connectivity index (χ2v) is 18.9. The summed E-state index contributed by atoms with van der Waals surface area (Å²) in [6.07, 6.45) is 37.4. The first-order valence-electron chi connectivity index (χ1n) is 23.7. The number of hydrogen-bond donors (Lipinski definition) is 0. The molecular weight excluding hydrogens is 777 g/mol. The first-order chi connectivity index (χ1) is 31.8. The van der Waals surface area contributed by atoms with Crippen LogP contribution in [0.2, 0.25) is 0 Å². The lowest BCUT2D eigenvalue weighted by atomic mass is 9.82. The largest absolute Gasteiger partial charge is 0.357 e. The van der Waals surface area contributed by atoms with Gasteiger partial charge in [0.1, 0.15) is 0 Å². The van der Waals surface area contributed by atoms with Gasteiger partial charge in [0.15, 0.2) is 0 Å². The van der Waals surface area contributed by atoms with Gasteiger partial charge in [0.25, 0.3) is 0 Å². The predicted octanol–water partition coefficient (Wildman–Crippen LogP) is 14.1. The fourth-order valence-electron chi connectivity index (χ4n) is 12.8. The van der Waals surface area contributed by atoms with Gasteiger partial charge < -0.3 is 18.6 Å². The van der Waals surface area contributed by atoms with E-state index in [0.717, 1.165) is 19.3 Å². The number of hydrogen-bond acceptors (Lipinski definition) is 1. The molecule has 6 aliphatic rings. The Bertz CT molecular complexity index is 3420. The van der Waals surface area contributed by atoms with Gasteiger partial charge in [0.2, 0.25) is 0 Å². The number of allylic oxidation sites excluding steroid dienone is 10. The zero-order valence-corrected chi connectivity index (χ0v) is 36.0. The zero-order chi connectivity index (χ0) is 41.9. The van der Waals surface area contributed by atoms with Crippen molar-refractivity contribution in [3.63, 3.8) is 0 Å². The number of aromatic nitrogens is 3. The molecule has 8 aromatic rings. The Morgan fingerprint density at radius 2 is 1.11 bits per heavy atom. The van der Waals surface area contributed by atoms with Gasteiger partial charge in [0, 0.05) is 68.0 Å². The quantitative estimate of drug-likeness (QED) is 0.169. The molecule has 0 radical (unpaired) electrons. The van der Waals surface area contributed by atoms with Crippen molar-refractivity contribution < 1.29 is 0 Å². The van der Waals surface area contributed by atoms with Crippen molar-refractivity contribution in [2.45, 2.75) is 62.9 Å². The third-order valence-electron chi connectivity index (χ3n) is 15.6. The van der Waals surface area contributed by atoms with E-state index in [2.05, 4.69) is 207 Å². The first kappa shape index (κ1) is 36.4. The fraction of sp³-hybridized carbons (Fsp3) is 0.200. The summed E-state index contributed by atoms with van der Waals surface area (Å²) < 4.78 is 7.66. The molecule has 5 unspecified atom stereocenters. The van der Waals surface area contributed by atoms with Crippen LogP contribution in [0.25, 0.3) is 66.8 Å². The standard InChI is InChI=1S/C60H50N4/c1-9-21-55-45(13-1)46-14-2-10-22-56(46)63(55)43-33-35-51-49-17-5-7-19-53(49)61(59(51)37-43)41-29-25-39(26-30-41)40-27-31-42(32-28-40)62-54-20-8-6-18-50(54)52-36-34-44(38-60(52)62)64-57-23-11-3-15-47(57)48-16-4-12-24-58(48)64/h1-5,7,9-17,19,21-25,27,29-37,39-40,44,47,57H,6,8,18,20,26,28,38H2. The Balaban J connectivity index is 0.765. The van der Waals surface area contributed by atoms with Crippen LogP contribution in [0.3, 0.4) is 0 Å². The van der Waals surface area contributed by atoms with Gasteiger partial charge in [-0.3, -0.25) is 0 Å². The normalized spacial score (nSPS) is 23.2. The summed E-state index contributed by atoms with van der Waals surface area (Å²) in [5, 5.41) is 5.16. The van der Waals surface area contributed by atoms with Crippen molar-refractivity contribution in [1.82, 2.24) is 13.7 Å². The second kappa shape index (κ2) is 14.2. The molecular formula is C60H50N4. The second-order valence-electron chi connectivity index (χ2n) is 18.9. The molecule has 5 atom stereocenters. The maximum absolute atomic E-state index is 2.72. The van der Waals surface area contributed by atoms with Crippen molar-refractivity contribution in [2.75, 3.05) is 4.90 Å². The Hall–Kier alpha value is -7.04. The average Bonchev–Trinajstić information content (AvgIpc) is 4.09. The smallest absolute Gasteiger partial charge is 0.0586 e. The number of fused-ring (bicyclic) bond motifs is 12. The van der Waals surface area contributed by atoms with E-state index in [9.17, 15) is 0 Å². The molecule has 0 N–H and O–H groups in total. The van der Waals surface area contributed by atoms with Crippen molar-refractivity contribution >= 4 is 66.8 Å². The summed E-state index contributed by atoms with van der Waals surface area (Å²) in [7, 11) is 0. The zero-order valence-electron chi connectivity index (χ0n) is 36.0. The van der Waals surface area contributed by atoms with E-state index < -0.39 is 0 Å². The average molecular weight is 827 g/mol. The fourth-order valence-corrected chi connectivity index (χ4v) is 12.8. The van der Waals surface area contributed by atoms with E-state index in [1.165, 1.54) is 109 Å². The van der Waals surface area contributed by atoms with Crippen molar-refractivity contribution in [1.29, 1.82) is 0 Å². The lowest BCUT2D eigenvalue weighted by molar-refractivity contribution is 0.477. The minimum atomic E-state index is 0.318. The van der Waals surface area contributed by atoms with Crippen LogP contribution in [0.4, 0.5) is 5.69 Å². The van der Waals surface area contributed by atoms with Gasteiger partial charge in [-0.15, -0.1) is 0 Å². The van der Waals surface area contributed by atoms with Gasteiger partial charge in [-0.1, -0.05) is 140 Å². The Kier molecular flexibility index (Phi) is 8.11. The number of para-hydroxylation sites is 4. The summed E-state index contributed by atoms with van der Waals surface area (Å²) in [6.45, 7) is 0. The third-order valence-corrected chi connectivity index (χ3v) is 15.6. The van der Waals surface area contributed by atoms with E-state index in [0.29, 0.717) is 29.8 Å². The van der Waals surface area contributed by atoms with Crippen LogP contribution in [-0.2, 0) is 19.3 Å². The molecule has 0 saturated heterocycles. The molecule has 1 aliphatic heterocycles. The Morgan fingerprint density at radius 1 is 0.484 bits per heavy atom. The highest BCUT2D eigenvalue weighted by molar-refractivity contribution is 6.12. The minimum Gasteiger partial charge on any atom is -0.357 e. The SMILES string of the molecule is C1=CC2c3ccccc3N(C3C=Cc4c5c(n(C6=CCC(C7C=CC(n8c9ccccc9c9ccc(-n%10c%11ccccc%11c%11ccccc%11%10)cc98)=CC7)C=C6)c4C3)CCCC5)C2C=C1. The monoisotopic (exact) mass is 826 g/mol. The van der Waals surface area contributed by atoms with Gasteiger partial charge in [-0.2, -0.15) is 0 Å². The van der Waals surface area contributed by atoms with Crippen LogP contribution >= 0.6 is 0 Å². The molecule has 0 bridgehead atoms. The molecule has 5 aromatic carbocycles. The highest BCUT2D eigenvalue weighted by Gasteiger charge is 2.41. The number of rotatable bonds is 5. The molecule has 14 rings (SSSR count). The Morgan fingerprint density at radius 3 is 1.83 bits per heavy atom. The van der Waals surface area contributed by atoms with Crippen LogP contribution in [-0.4, -0.2) is 25.8 Å². The van der Waals surface area contributed by atoms with Crippen LogP contribution in [0.15, 0.2) is 182 Å². The van der Waals surface area contributed by atoms with Crippen molar-refractivity contribution in [3.8, 4) is 5.69 Å². The lowest BCUT2D eigenvalue weighted by Crippen LogP contribution is -2.42. The topological polar surface area (TPSA) is 18.0 Å². The summed E-state index contributed by atoms with van der Waals surface area (Å²) in [5.41, 5.74) is 17.9. The van der Waals surface area contributed by atoms with Crippen molar-refractivity contribution in [2.24, 2.45) is 11.8 Å². The van der Waals surface area contributed by atoms with Gasteiger partial charge in [-0.25, -0.2) is 0 Å². The molecule has 0 saturated carbocycles. The third kappa shape index (κ3) is 5.35. The first-order valence-corrected chi connectivity index (χ1v) is 23.7. The number of nitrogens with zero attached hydrogens (tertiary/aromatic N) is 4. The highest BCUT2D eigenvalue weighted by atomic mass is 15.2. The number of anilines is 1. The molecule has 310 valence electrons. The molecule has 4 heteroatoms. The van der Waals surface area contributed by atoms with E-state index >= 15 is 0 Å². The predicted molar refractivity (Wildman–Crippen MR) is 268 cm³/mol. The Labute approximate surface area is 374 Å².